The molecule has 2 aromatic rings. The zero-order chi connectivity index (χ0) is 25.7. The van der Waals surface area contributed by atoms with Crippen LogP contribution in [0.3, 0.4) is 0 Å². The Bertz CT molecular complexity index is 1080. The molecule has 1 aromatic heterocycles. The topological polar surface area (TPSA) is 79.4 Å². The van der Waals surface area contributed by atoms with Crippen molar-refractivity contribution in [3.05, 3.63) is 65.2 Å². The first-order valence-electron chi connectivity index (χ1n) is 13.2. The molecule has 0 bridgehead atoms. The lowest BCUT2D eigenvalue weighted by Gasteiger charge is -2.35. The lowest BCUT2D eigenvalue weighted by atomic mass is 9.83. The van der Waals surface area contributed by atoms with Gasteiger partial charge in [0.2, 0.25) is 11.8 Å². The van der Waals surface area contributed by atoms with Gasteiger partial charge in [-0.1, -0.05) is 33.1 Å². The molecule has 2 aliphatic rings. The third kappa shape index (κ3) is 5.82. The first kappa shape index (κ1) is 26.0. The van der Waals surface area contributed by atoms with Crippen molar-refractivity contribution in [1.29, 1.82) is 0 Å². The van der Waals surface area contributed by atoms with Gasteiger partial charge >= 0.3 is 0 Å². The Morgan fingerprint density at radius 3 is 2.44 bits per heavy atom. The molecule has 1 saturated heterocycles. The lowest BCUT2D eigenvalue weighted by Crippen LogP contribution is -2.53. The fourth-order valence-corrected chi connectivity index (χ4v) is 5.42. The number of carbonyl (C=O) groups is 3. The number of amides is 2. The Labute approximate surface area is 212 Å². The average Bonchev–Trinajstić information content (AvgIpc) is 3.41. The number of nitrogens with zero attached hydrogens (tertiary/aromatic N) is 2. The van der Waals surface area contributed by atoms with Crippen LogP contribution in [-0.4, -0.2) is 40.1 Å². The van der Waals surface area contributed by atoms with Gasteiger partial charge in [0, 0.05) is 36.0 Å². The third-order valence-electron chi connectivity index (χ3n) is 7.79. The summed E-state index contributed by atoms with van der Waals surface area (Å²) < 4.78 is 13.3. The standard InChI is InChI=1S/C29H36FN3O3/c1-3-19(2)28(35)32-26(20-8-5-4-6-9-20)29(36)33-15-7-10-25(33)22-16-23(18-31-17-22)27(34)21-11-13-24(30)14-12-21/h11-14,16-20,25-26H,3-10,15H2,1-2H3,(H,32,35)/t19-,25+,26+/m1/s1. The first-order chi connectivity index (χ1) is 17.4. The van der Waals surface area contributed by atoms with E-state index in [1.807, 2.05) is 18.7 Å². The zero-order valence-electron chi connectivity index (χ0n) is 21.2. The van der Waals surface area contributed by atoms with Crippen molar-refractivity contribution >= 4 is 17.6 Å². The fourth-order valence-electron chi connectivity index (χ4n) is 5.42. The predicted octanol–water partition coefficient (Wildman–Crippen LogP) is 5.23. The minimum absolute atomic E-state index is 0.0312. The van der Waals surface area contributed by atoms with Crippen LogP contribution in [-0.2, 0) is 9.59 Å². The Kier molecular flexibility index (Phi) is 8.49. The summed E-state index contributed by atoms with van der Waals surface area (Å²) in [7, 11) is 0. The highest BCUT2D eigenvalue weighted by atomic mass is 19.1. The number of hydrogen-bond donors (Lipinski definition) is 1. The smallest absolute Gasteiger partial charge is 0.245 e. The van der Waals surface area contributed by atoms with E-state index in [4.69, 9.17) is 0 Å². The molecule has 3 atom stereocenters. The van der Waals surface area contributed by atoms with E-state index >= 15 is 0 Å². The molecule has 7 heteroatoms. The van der Waals surface area contributed by atoms with Gasteiger partial charge in [-0.15, -0.1) is 0 Å². The summed E-state index contributed by atoms with van der Waals surface area (Å²) in [6, 6.07) is 6.53. The Hall–Kier alpha value is -3.09. The average molecular weight is 494 g/mol. The maximum absolute atomic E-state index is 13.9. The molecule has 0 radical (unpaired) electrons. The maximum Gasteiger partial charge on any atom is 0.245 e. The molecule has 2 fully saturated rings. The van der Waals surface area contributed by atoms with E-state index in [0.29, 0.717) is 17.7 Å². The summed E-state index contributed by atoms with van der Waals surface area (Å²) in [5.41, 5.74) is 1.61. The van der Waals surface area contributed by atoms with E-state index in [1.165, 1.54) is 36.9 Å². The van der Waals surface area contributed by atoms with Gasteiger partial charge < -0.3 is 10.2 Å². The second kappa shape index (κ2) is 11.8. The van der Waals surface area contributed by atoms with Crippen LogP contribution in [0.2, 0.25) is 0 Å². The van der Waals surface area contributed by atoms with Crippen LogP contribution in [0.25, 0.3) is 0 Å². The highest BCUT2D eigenvalue weighted by Crippen LogP contribution is 2.35. The summed E-state index contributed by atoms with van der Waals surface area (Å²) in [6.07, 6.45) is 10.8. The number of carbonyl (C=O) groups excluding carboxylic acids is 3. The molecule has 1 N–H and O–H groups in total. The molecule has 2 amide bonds. The van der Waals surface area contributed by atoms with Gasteiger partial charge in [0.05, 0.1) is 6.04 Å². The van der Waals surface area contributed by atoms with Crippen molar-refractivity contribution in [1.82, 2.24) is 15.2 Å². The van der Waals surface area contributed by atoms with Gasteiger partial charge in [-0.05, 0) is 73.9 Å². The second-order valence-electron chi connectivity index (χ2n) is 10.2. The van der Waals surface area contributed by atoms with E-state index in [2.05, 4.69) is 10.3 Å². The molecule has 1 saturated carbocycles. The van der Waals surface area contributed by atoms with Crippen molar-refractivity contribution in [2.45, 2.75) is 77.3 Å². The summed E-state index contributed by atoms with van der Waals surface area (Å²) in [4.78, 5) is 45.9. The minimum atomic E-state index is -0.524. The van der Waals surface area contributed by atoms with E-state index < -0.39 is 11.9 Å². The minimum Gasteiger partial charge on any atom is -0.344 e. The van der Waals surface area contributed by atoms with Crippen LogP contribution in [0.5, 0.6) is 0 Å². The normalized spacial score (nSPS) is 20.1. The van der Waals surface area contributed by atoms with Gasteiger partial charge in [0.1, 0.15) is 11.9 Å². The Morgan fingerprint density at radius 1 is 1.03 bits per heavy atom. The van der Waals surface area contributed by atoms with Gasteiger partial charge in [0.25, 0.3) is 0 Å². The molecule has 0 unspecified atom stereocenters. The summed E-state index contributed by atoms with van der Waals surface area (Å²) in [5.74, 6) is -0.726. The SMILES string of the molecule is CC[C@@H](C)C(=O)N[C@H](C(=O)N1CCC[C@H]1c1cncc(C(=O)c2ccc(F)cc2)c1)C1CCCCC1. The zero-order valence-corrected chi connectivity index (χ0v) is 21.2. The van der Waals surface area contributed by atoms with Crippen LogP contribution in [0.4, 0.5) is 4.39 Å². The summed E-state index contributed by atoms with van der Waals surface area (Å²) in [6.45, 7) is 4.49. The number of aromatic nitrogens is 1. The molecule has 36 heavy (non-hydrogen) atoms. The van der Waals surface area contributed by atoms with Gasteiger partial charge in [-0.25, -0.2) is 4.39 Å². The number of halogens is 1. The number of rotatable bonds is 8. The quantitative estimate of drug-likeness (QED) is 0.511. The van der Waals surface area contributed by atoms with Crippen LogP contribution >= 0.6 is 0 Å². The Morgan fingerprint density at radius 2 is 1.75 bits per heavy atom. The number of hydrogen-bond acceptors (Lipinski definition) is 4. The van der Waals surface area contributed by atoms with Crippen LogP contribution in [0.15, 0.2) is 42.7 Å². The lowest BCUT2D eigenvalue weighted by molar-refractivity contribution is -0.140. The van der Waals surface area contributed by atoms with E-state index in [9.17, 15) is 18.8 Å². The van der Waals surface area contributed by atoms with Crippen molar-refractivity contribution in [2.24, 2.45) is 11.8 Å². The number of likely N-dealkylation sites (tertiary alicyclic amines) is 1. The highest BCUT2D eigenvalue weighted by molar-refractivity contribution is 6.08. The van der Waals surface area contributed by atoms with Crippen molar-refractivity contribution < 1.29 is 18.8 Å². The van der Waals surface area contributed by atoms with Gasteiger partial charge in [-0.3, -0.25) is 19.4 Å². The molecule has 1 aromatic carbocycles. The highest BCUT2D eigenvalue weighted by Gasteiger charge is 2.39. The molecular formula is C29H36FN3O3. The van der Waals surface area contributed by atoms with Crippen LogP contribution in [0.1, 0.15) is 92.7 Å². The van der Waals surface area contributed by atoms with Crippen LogP contribution in [0, 0.1) is 17.7 Å². The van der Waals surface area contributed by atoms with Gasteiger partial charge in [0.15, 0.2) is 5.78 Å². The largest absolute Gasteiger partial charge is 0.344 e. The van der Waals surface area contributed by atoms with E-state index in [0.717, 1.165) is 50.5 Å². The van der Waals surface area contributed by atoms with Crippen LogP contribution < -0.4 is 5.32 Å². The molecule has 192 valence electrons. The summed E-state index contributed by atoms with van der Waals surface area (Å²) in [5, 5.41) is 3.11. The first-order valence-corrected chi connectivity index (χ1v) is 13.2. The van der Waals surface area contributed by atoms with E-state index in [1.54, 1.807) is 12.3 Å². The van der Waals surface area contributed by atoms with E-state index in [-0.39, 0.29) is 35.5 Å². The van der Waals surface area contributed by atoms with Crippen molar-refractivity contribution in [2.75, 3.05) is 6.54 Å². The molecular weight excluding hydrogens is 457 g/mol. The molecule has 1 aliphatic heterocycles. The molecule has 1 aliphatic carbocycles. The molecule has 2 heterocycles. The van der Waals surface area contributed by atoms with Crippen molar-refractivity contribution in [3.8, 4) is 0 Å². The van der Waals surface area contributed by atoms with Gasteiger partial charge in [-0.2, -0.15) is 0 Å². The third-order valence-corrected chi connectivity index (χ3v) is 7.79. The maximum atomic E-state index is 13.9. The molecule has 0 spiro atoms. The number of pyridine rings is 1. The van der Waals surface area contributed by atoms with Crippen molar-refractivity contribution in [3.63, 3.8) is 0 Å². The number of nitrogens with one attached hydrogen (secondary N) is 1. The predicted molar refractivity (Wildman–Crippen MR) is 136 cm³/mol. The Balaban J connectivity index is 1.56. The fraction of sp³-hybridized carbons (Fsp3) is 0.517. The number of ketones is 1. The number of benzene rings is 1. The molecule has 6 nitrogen and oxygen atoms in total. The monoisotopic (exact) mass is 493 g/mol. The summed E-state index contributed by atoms with van der Waals surface area (Å²) >= 11 is 0. The molecule has 4 rings (SSSR count). The second-order valence-corrected chi connectivity index (χ2v) is 10.2.